The van der Waals surface area contributed by atoms with Gasteiger partial charge in [-0.25, -0.2) is 0 Å². The maximum absolute atomic E-state index is 5.50. The van der Waals surface area contributed by atoms with Crippen LogP contribution in [0.5, 0.6) is 0 Å². The number of hydrogen-bond acceptors (Lipinski definition) is 5. The molecule has 1 aromatic heterocycles. The Labute approximate surface area is 159 Å². The number of fused-ring (bicyclic) bond motifs is 2. The number of morpholine rings is 1. The van der Waals surface area contributed by atoms with E-state index in [1.54, 1.807) is 12.4 Å². The second-order valence-electron chi connectivity index (χ2n) is 7.54. The van der Waals surface area contributed by atoms with Gasteiger partial charge >= 0.3 is 0 Å². The number of anilines is 1. The molecular weight excluding hydrogens is 336 g/mol. The van der Waals surface area contributed by atoms with Crippen molar-refractivity contribution in [1.29, 1.82) is 0 Å². The average molecular weight is 360 g/mol. The molecule has 0 saturated carbocycles. The van der Waals surface area contributed by atoms with Crippen LogP contribution in [-0.4, -0.2) is 54.8 Å². The van der Waals surface area contributed by atoms with Crippen LogP contribution in [0.25, 0.3) is 11.0 Å². The van der Waals surface area contributed by atoms with Gasteiger partial charge in [0.05, 0.1) is 24.2 Å². The van der Waals surface area contributed by atoms with Crippen LogP contribution < -0.4 is 4.90 Å². The van der Waals surface area contributed by atoms with Crippen LogP contribution in [0, 0.1) is 0 Å². The van der Waals surface area contributed by atoms with Crippen LogP contribution >= 0.6 is 0 Å². The highest BCUT2D eigenvalue weighted by Gasteiger charge is 2.26. The van der Waals surface area contributed by atoms with E-state index in [1.807, 2.05) is 0 Å². The first kappa shape index (κ1) is 16.7. The molecule has 1 saturated heterocycles. The van der Waals surface area contributed by atoms with E-state index in [9.17, 15) is 0 Å². The Morgan fingerprint density at radius 1 is 0.963 bits per heavy atom. The lowest BCUT2D eigenvalue weighted by molar-refractivity contribution is 0.122. The quantitative estimate of drug-likeness (QED) is 0.703. The minimum atomic E-state index is 0.365. The summed E-state index contributed by atoms with van der Waals surface area (Å²) in [7, 11) is 2.21. The molecule has 3 heterocycles. The fourth-order valence-electron chi connectivity index (χ4n) is 4.33. The molecule has 5 heteroatoms. The Balaban J connectivity index is 1.53. The summed E-state index contributed by atoms with van der Waals surface area (Å²) in [5, 5.41) is 0. The normalized spacial score (nSPS) is 20.6. The van der Waals surface area contributed by atoms with Gasteiger partial charge in [-0.05, 0) is 48.0 Å². The van der Waals surface area contributed by atoms with Gasteiger partial charge in [0.25, 0.3) is 0 Å². The predicted molar refractivity (Wildman–Crippen MR) is 107 cm³/mol. The third-order valence-corrected chi connectivity index (χ3v) is 5.71. The molecule has 0 amide bonds. The van der Waals surface area contributed by atoms with E-state index >= 15 is 0 Å². The van der Waals surface area contributed by atoms with E-state index in [0.29, 0.717) is 5.92 Å². The largest absolute Gasteiger partial charge is 0.378 e. The van der Waals surface area contributed by atoms with Gasteiger partial charge in [-0.15, -0.1) is 0 Å². The molecule has 0 bridgehead atoms. The summed E-state index contributed by atoms with van der Waals surface area (Å²) in [6, 6.07) is 13.5. The van der Waals surface area contributed by atoms with Crippen molar-refractivity contribution in [1.82, 2.24) is 14.9 Å². The number of likely N-dealkylation sites (N-methyl/N-ethyl adjacent to an activating group) is 1. The summed E-state index contributed by atoms with van der Waals surface area (Å²) in [6.07, 6.45) is 3.51. The Bertz CT molecular complexity index is 967. The maximum atomic E-state index is 5.50. The zero-order chi connectivity index (χ0) is 18.2. The molecule has 1 fully saturated rings. The molecule has 0 aliphatic carbocycles. The van der Waals surface area contributed by atoms with Crippen molar-refractivity contribution in [3.05, 3.63) is 65.5 Å². The number of benzene rings is 2. The lowest BCUT2D eigenvalue weighted by Crippen LogP contribution is -2.36. The van der Waals surface area contributed by atoms with E-state index < -0.39 is 0 Å². The Morgan fingerprint density at radius 3 is 2.63 bits per heavy atom. The molecular formula is C22H24N4O. The van der Waals surface area contributed by atoms with Crippen molar-refractivity contribution in [3.63, 3.8) is 0 Å². The van der Waals surface area contributed by atoms with Gasteiger partial charge in [-0.2, -0.15) is 0 Å². The van der Waals surface area contributed by atoms with Crippen LogP contribution in [0.2, 0.25) is 0 Å². The van der Waals surface area contributed by atoms with E-state index in [0.717, 1.165) is 50.4 Å². The van der Waals surface area contributed by atoms with Gasteiger partial charge in [-0.1, -0.05) is 12.1 Å². The highest BCUT2D eigenvalue weighted by Crippen LogP contribution is 2.35. The predicted octanol–water partition coefficient (Wildman–Crippen LogP) is 3.04. The van der Waals surface area contributed by atoms with Crippen molar-refractivity contribution in [2.24, 2.45) is 0 Å². The average Bonchev–Trinajstić information content (AvgIpc) is 2.73. The Kier molecular flexibility index (Phi) is 4.26. The van der Waals surface area contributed by atoms with E-state index in [4.69, 9.17) is 4.74 Å². The third-order valence-electron chi connectivity index (χ3n) is 5.71. The lowest BCUT2D eigenvalue weighted by atomic mass is 9.84. The van der Waals surface area contributed by atoms with Crippen LogP contribution in [0.1, 0.15) is 22.6 Å². The molecule has 3 aromatic rings. The van der Waals surface area contributed by atoms with Gasteiger partial charge in [0, 0.05) is 50.2 Å². The Hall–Kier alpha value is -2.50. The number of aromatic nitrogens is 2. The monoisotopic (exact) mass is 360 g/mol. The standard InChI is InChI=1S/C22H24N4O/c1-25-14-17-12-18(26-8-10-27-11-9-26)3-4-19(17)20(15-25)16-2-5-21-22(13-16)24-7-6-23-21/h2-7,12-13,20H,8-11,14-15H2,1H3. The van der Waals surface area contributed by atoms with Gasteiger partial charge in [0.2, 0.25) is 0 Å². The molecule has 2 aliphatic heterocycles. The molecule has 1 unspecified atom stereocenters. The summed E-state index contributed by atoms with van der Waals surface area (Å²) in [5.41, 5.74) is 7.42. The first-order valence-electron chi connectivity index (χ1n) is 9.63. The Morgan fingerprint density at radius 2 is 1.78 bits per heavy atom. The number of nitrogens with zero attached hydrogens (tertiary/aromatic N) is 4. The first-order chi connectivity index (χ1) is 13.3. The van der Waals surface area contributed by atoms with Crippen molar-refractivity contribution < 1.29 is 4.74 Å². The molecule has 5 rings (SSSR count). The lowest BCUT2D eigenvalue weighted by Gasteiger charge is -2.35. The van der Waals surface area contributed by atoms with Crippen molar-refractivity contribution in [2.45, 2.75) is 12.5 Å². The summed E-state index contributed by atoms with van der Waals surface area (Å²) in [6.45, 7) is 5.60. The molecule has 27 heavy (non-hydrogen) atoms. The summed E-state index contributed by atoms with van der Waals surface area (Å²) >= 11 is 0. The van der Waals surface area contributed by atoms with E-state index in [1.165, 1.54) is 22.4 Å². The SMILES string of the molecule is CN1Cc2cc(N3CCOCC3)ccc2C(c2ccc3nccnc3c2)C1. The molecule has 2 aromatic carbocycles. The van der Waals surface area contributed by atoms with Crippen molar-refractivity contribution in [2.75, 3.05) is 44.8 Å². The van der Waals surface area contributed by atoms with Gasteiger partial charge in [0.1, 0.15) is 0 Å². The van der Waals surface area contributed by atoms with Gasteiger partial charge in [0.15, 0.2) is 0 Å². The topological polar surface area (TPSA) is 41.5 Å². The summed E-state index contributed by atoms with van der Waals surface area (Å²) < 4.78 is 5.50. The van der Waals surface area contributed by atoms with E-state index in [2.05, 4.69) is 63.2 Å². The number of ether oxygens (including phenoxy) is 1. The molecule has 0 radical (unpaired) electrons. The van der Waals surface area contributed by atoms with E-state index in [-0.39, 0.29) is 0 Å². The van der Waals surface area contributed by atoms with Crippen LogP contribution in [0.4, 0.5) is 5.69 Å². The highest BCUT2D eigenvalue weighted by molar-refractivity contribution is 5.75. The van der Waals surface area contributed by atoms with Gasteiger partial charge < -0.3 is 14.5 Å². The molecule has 2 aliphatic rings. The smallest absolute Gasteiger partial charge is 0.0889 e. The van der Waals surface area contributed by atoms with Crippen molar-refractivity contribution >= 4 is 16.7 Å². The highest BCUT2D eigenvalue weighted by atomic mass is 16.5. The van der Waals surface area contributed by atoms with Crippen molar-refractivity contribution in [3.8, 4) is 0 Å². The zero-order valence-corrected chi connectivity index (χ0v) is 15.6. The first-order valence-corrected chi connectivity index (χ1v) is 9.63. The minimum absolute atomic E-state index is 0.365. The summed E-state index contributed by atoms with van der Waals surface area (Å²) in [4.78, 5) is 13.7. The zero-order valence-electron chi connectivity index (χ0n) is 15.6. The number of hydrogen-bond donors (Lipinski definition) is 0. The molecule has 0 N–H and O–H groups in total. The van der Waals surface area contributed by atoms with Crippen LogP contribution in [0.15, 0.2) is 48.8 Å². The molecule has 5 nitrogen and oxygen atoms in total. The van der Waals surface area contributed by atoms with Crippen LogP contribution in [0.3, 0.4) is 0 Å². The maximum Gasteiger partial charge on any atom is 0.0889 e. The fourth-order valence-corrected chi connectivity index (χ4v) is 4.33. The minimum Gasteiger partial charge on any atom is -0.378 e. The second kappa shape index (κ2) is 6.91. The molecule has 1 atom stereocenters. The molecule has 0 spiro atoms. The second-order valence-corrected chi connectivity index (χ2v) is 7.54. The summed E-state index contributed by atoms with van der Waals surface area (Å²) in [5.74, 6) is 0.365. The molecule has 138 valence electrons. The number of rotatable bonds is 2. The third kappa shape index (κ3) is 3.17. The van der Waals surface area contributed by atoms with Gasteiger partial charge in [-0.3, -0.25) is 9.97 Å². The fraction of sp³-hybridized carbons (Fsp3) is 0.364. The van der Waals surface area contributed by atoms with Crippen LogP contribution in [-0.2, 0) is 11.3 Å².